The fourth-order valence-corrected chi connectivity index (χ4v) is 0.897. The van der Waals surface area contributed by atoms with Crippen molar-refractivity contribution < 1.29 is 56.2 Å². The monoisotopic (exact) mass is 221 g/mol. The van der Waals surface area contributed by atoms with Crippen LogP contribution in [-0.4, -0.2) is 6.03 Å². The second-order valence-electron chi connectivity index (χ2n) is 2.28. The zero-order valence-electron chi connectivity index (χ0n) is 7.45. The SMILES string of the molecule is O=C(NS)NCc1ccccc1.[K+]. The third-order valence-electron chi connectivity index (χ3n) is 1.40. The Hall–Kier alpha value is 0.476. The topological polar surface area (TPSA) is 41.1 Å². The van der Waals surface area contributed by atoms with Crippen molar-refractivity contribution in [3.05, 3.63) is 35.9 Å². The molecule has 0 aliphatic heterocycles. The summed E-state index contributed by atoms with van der Waals surface area (Å²) in [7, 11) is 0. The van der Waals surface area contributed by atoms with Gasteiger partial charge in [-0.1, -0.05) is 43.1 Å². The molecule has 0 saturated carbocycles. The molecule has 2 N–H and O–H groups in total. The molecule has 1 aromatic rings. The first kappa shape index (κ1) is 13.5. The van der Waals surface area contributed by atoms with Crippen molar-refractivity contribution in [2.45, 2.75) is 6.54 Å². The molecule has 3 nitrogen and oxygen atoms in total. The predicted molar refractivity (Wildman–Crippen MR) is 50.8 cm³/mol. The molecule has 64 valence electrons. The predicted octanol–water partition coefficient (Wildman–Crippen LogP) is -1.67. The van der Waals surface area contributed by atoms with Crippen LogP contribution in [0.5, 0.6) is 0 Å². The number of benzene rings is 1. The van der Waals surface area contributed by atoms with Crippen molar-refractivity contribution in [3.8, 4) is 0 Å². The van der Waals surface area contributed by atoms with Gasteiger partial charge >= 0.3 is 57.4 Å². The number of hydrogen-bond acceptors (Lipinski definition) is 2. The standard InChI is InChI=1S/C8H10N2OS.K/c11-8(10-12)9-6-7-4-2-1-3-5-7;/h1-5,12H,6H2,(H2,9,10,11);/q;+1. The average molecular weight is 221 g/mol. The molecular formula is C8H10KN2OS+. The molecule has 0 fully saturated rings. The molecular weight excluding hydrogens is 211 g/mol. The normalized spacial score (nSPS) is 8.38. The smallest absolute Gasteiger partial charge is 0.333 e. The van der Waals surface area contributed by atoms with Crippen LogP contribution in [0, 0.1) is 0 Å². The van der Waals surface area contributed by atoms with Gasteiger partial charge < -0.3 is 5.32 Å². The summed E-state index contributed by atoms with van der Waals surface area (Å²) in [6.45, 7) is 0.521. The fourth-order valence-electron chi connectivity index (χ4n) is 0.818. The second-order valence-corrected chi connectivity index (χ2v) is 2.50. The Balaban J connectivity index is 0.00000144. The van der Waals surface area contributed by atoms with Gasteiger partial charge in [0.25, 0.3) is 0 Å². The van der Waals surface area contributed by atoms with Crippen LogP contribution >= 0.6 is 12.8 Å². The molecule has 0 unspecified atom stereocenters. The van der Waals surface area contributed by atoms with Gasteiger partial charge in [0.05, 0.1) is 0 Å². The molecule has 0 bridgehead atoms. The molecule has 0 aromatic heterocycles. The van der Waals surface area contributed by atoms with Gasteiger partial charge in [-0.25, -0.2) is 4.79 Å². The van der Waals surface area contributed by atoms with Crippen LogP contribution in [0.3, 0.4) is 0 Å². The van der Waals surface area contributed by atoms with E-state index in [2.05, 4.69) is 22.9 Å². The van der Waals surface area contributed by atoms with E-state index >= 15 is 0 Å². The molecule has 1 aromatic carbocycles. The first-order chi connectivity index (χ1) is 5.83. The Morgan fingerprint density at radius 3 is 2.46 bits per heavy atom. The van der Waals surface area contributed by atoms with Crippen molar-refractivity contribution in [2.75, 3.05) is 0 Å². The van der Waals surface area contributed by atoms with Crippen LogP contribution in [0.15, 0.2) is 30.3 Å². The van der Waals surface area contributed by atoms with Gasteiger partial charge in [-0.15, -0.1) is 0 Å². The van der Waals surface area contributed by atoms with Gasteiger partial charge in [0, 0.05) is 6.54 Å². The van der Waals surface area contributed by atoms with Gasteiger partial charge in [-0.2, -0.15) is 0 Å². The van der Waals surface area contributed by atoms with Crippen molar-refractivity contribution in [2.24, 2.45) is 0 Å². The van der Waals surface area contributed by atoms with E-state index in [1.165, 1.54) is 0 Å². The number of amides is 2. The molecule has 0 aliphatic carbocycles. The first-order valence-corrected chi connectivity index (χ1v) is 3.99. The summed E-state index contributed by atoms with van der Waals surface area (Å²) in [6.07, 6.45) is 0. The molecule has 0 radical (unpaired) electrons. The third-order valence-corrected chi connectivity index (χ3v) is 1.60. The molecule has 0 aliphatic rings. The minimum absolute atomic E-state index is 0. The maximum absolute atomic E-state index is 10.7. The second kappa shape index (κ2) is 7.84. The van der Waals surface area contributed by atoms with Crippen LogP contribution in [0.4, 0.5) is 4.79 Å². The quantitative estimate of drug-likeness (QED) is 0.406. The first-order valence-electron chi connectivity index (χ1n) is 3.55. The summed E-state index contributed by atoms with van der Waals surface area (Å²) in [5, 5.41) is 2.62. The molecule has 0 heterocycles. The molecule has 0 spiro atoms. The van der Waals surface area contributed by atoms with Crippen molar-refractivity contribution in [3.63, 3.8) is 0 Å². The summed E-state index contributed by atoms with van der Waals surface area (Å²) < 4.78 is 2.18. The molecule has 1 rings (SSSR count). The number of carbonyl (C=O) groups is 1. The average Bonchev–Trinajstić information content (AvgIpc) is 2.16. The third kappa shape index (κ3) is 5.72. The van der Waals surface area contributed by atoms with Crippen molar-refractivity contribution >= 4 is 18.8 Å². The van der Waals surface area contributed by atoms with E-state index in [9.17, 15) is 4.79 Å². The van der Waals surface area contributed by atoms with Crippen LogP contribution in [-0.2, 0) is 6.54 Å². The summed E-state index contributed by atoms with van der Waals surface area (Å²) in [4.78, 5) is 10.7. The van der Waals surface area contributed by atoms with Gasteiger partial charge in [0.15, 0.2) is 0 Å². The van der Waals surface area contributed by atoms with Crippen molar-refractivity contribution in [1.82, 2.24) is 10.0 Å². The van der Waals surface area contributed by atoms with E-state index in [1.54, 1.807) is 0 Å². The summed E-state index contributed by atoms with van der Waals surface area (Å²) in [5.41, 5.74) is 1.06. The number of rotatable bonds is 2. The van der Waals surface area contributed by atoms with Gasteiger partial charge in [-0.3, -0.25) is 4.72 Å². The Morgan fingerprint density at radius 1 is 1.31 bits per heavy atom. The molecule has 0 saturated heterocycles. The number of hydrogen-bond donors (Lipinski definition) is 3. The summed E-state index contributed by atoms with van der Waals surface area (Å²) >= 11 is 3.60. The maximum atomic E-state index is 10.7. The van der Waals surface area contributed by atoms with E-state index in [-0.39, 0.29) is 57.4 Å². The summed E-state index contributed by atoms with van der Waals surface area (Å²) in [5.74, 6) is 0. The van der Waals surface area contributed by atoms with Crippen LogP contribution < -0.4 is 61.4 Å². The molecule has 2 amide bonds. The number of urea groups is 1. The Kier molecular flexibility index (Phi) is 8.13. The zero-order chi connectivity index (χ0) is 8.81. The maximum Gasteiger partial charge on any atom is 1.00 e. The zero-order valence-corrected chi connectivity index (χ0v) is 11.5. The Morgan fingerprint density at radius 2 is 1.92 bits per heavy atom. The molecule has 0 atom stereocenters. The van der Waals surface area contributed by atoms with Gasteiger partial charge in [-0.05, 0) is 5.56 Å². The number of thiol groups is 1. The largest absolute Gasteiger partial charge is 1.00 e. The van der Waals surface area contributed by atoms with Crippen LogP contribution in [0.1, 0.15) is 5.56 Å². The Bertz CT molecular complexity index is 256. The van der Waals surface area contributed by atoms with Crippen LogP contribution in [0.2, 0.25) is 0 Å². The fraction of sp³-hybridized carbons (Fsp3) is 0.125. The van der Waals surface area contributed by atoms with Crippen LogP contribution in [0.25, 0.3) is 0 Å². The van der Waals surface area contributed by atoms with E-state index in [4.69, 9.17) is 0 Å². The molecule has 5 heteroatoms. The minimum Gasteiger partial charge on any atom is -0.333 e. The summed E-state index contributed by atoms with van der Waals surface area (Å²) in [6, 6.07) is 9.38. The van der Waals surface area contributed by atoms with Gasteiger partial charge in [0.2, 0.25) is 0 Å². The van der Waals surface area contributed by atoms with E-state index in [1.807, 2.05) is 30.3 Å². The van der Waals surface area contributed by atoms with E-state index in [0.29, 0.717) is 6.54 Å². The Labute approximate surface area is 126 Å². The van der Waals surface area contributed by atoms with Gasteiger partial charge in [0.1, 0.15) is 0 Å². The number of carbonyl (C=O) groups excluding carboxylic acids is 1. The van der Waals surface area contributed by atoms with Crippen molar-refractivity contribution in [1.29, 1.82) is 0 Å². The van der Waals surface area contributed by atoms with E-state index < -0.39 is 0 Å². The minimum atomic E-state index is -0.290. The molecule has 13 heavy (non-hydrogen) atoms. The number of nitrogens with one attached hydrogen (secondary N) is 2. The van der Waals surface area contributed by atoms with E-state index in [0.717, 1.165) is 5.56 Å².